The highest BCUT2D eigenvalue weighted by atomic mass is 19.1. The second-order valence-electron chi connectivity index (χ2n) is 7.17. The van der Waals surface area contributed by atoms with Crippen LogP contribution in [0.4, 0.5) is 9.18 Å². The first-order valence-corrected chi connectivity index (χ1v) is 10.3. The molecule has 0 saturated heterocycles. The van der Waals surface area contributed by atoms with E-state index in [4.69, 9.17) is 0 Å². The smallest absolute Gasteiger partial charge is 0.315 e. The zero-order valence-electron chi connectivity index (χ0n) is 17.2. The van der Waals surface area contributed by atoms with Gasteiger partial charge >= 0.3 is 6.03 Å². The van der Waals surface area contributed by atoms with Crippen molar-refractivity contribution in [2.24, 2.45) is 0 Å². The predicted octanol–water partition coefficient (Wildman–Crippen LogP) is 4.23. The molecule has 0 bridgehead atoms. The molecule has 0 fully saturated rings. The molecule has 31 heavy (non-hydrogen) atoms. The van der Waals surface area contributed by atoms with Crippen molar-refractivity contribution in [3.63, 3.8) is 0 Å². The molecule has 0 saturated carbocycles. The summed E-state index contributed by atoms with van der Waals surface area (Å²) in [5.41, 5.74) is 2.58. The summed E-state index contributed by atoms with van der Waals surface area (Å²) < 4.78 is 12.9. The van der Waals surface area contributed by atoms with Crippen LogP contribution in [0.25, 0.3) is 0 Å². The molecule has 1 atom stereocenters. The Labute approximate surface area is 181 Å². The van der Waals surface area contributed by atoms with E-state index in [2.05, 4.69) is 16.0 Å². The maximum absolute atomic E-state index is 12.9. The first-order chi connectivity index (χ1) is 15.1. The van der Waals surface area contributed by atoms with Gasteiger partial charge < -0.3 is 16.0 Å². The van der Waals surface area contributed by atoms with E-state index in [1.165, 1.54) is 24.3 Å². The van der Waals surface area contributed by atoms with Gasteiger partial charge in [0.25, 0.3) is 5.91 Å². The van der Waals surface area contributed by atoms with Crippen LogP contribution < -0.4 is 16.0 Å². The Morgan fingerprint density at radius 3 is 2.06 bits per heavy atom. The maximum Gasteiger partial charge on any atom is 0.315 e. The highest BCUT2D eigenvalue weighted by Gasteiger charge is 2.15. The molecule has 0 aromatic heterocycles. The van der Waals surface area contributed by atoms with E-state index in [0.29, 0.717) is 31.5 Å². The summed E-state index contributed by atoms with van der Waals surface area (Å²) >= 11 is 0. The molecule has 3 aromatic rings. The molecule has 0 radical (unpaired) electrons. The highest BCUT2D eigenvalue weighted by molar-refractivity contribution is 5.94. The monoisotopic (exact) mass is 419 g/mol. The fourth-order valence-electron chi connectivity index (χ4n) is 3.19. The molecule has 3 aromatic carbocycles. The van der Waals surface area contributed by atoms with Gasteiger partial charge in [-0.3, -0.25) is 4.79 Å². The number of urea groups is 1. The van der Waals surface area contributed by atoms with Crippen LogP contribution >= 0.6 is 0 Å². The number of hydrogen-bond acceptors (Lipinski definition) is 2. The summed E-state index contributed by atoms with van der Waals surface area (Å²) in [4.78, 5) is 24.4. The van der Waals surface area contributed by atoms with Crippen molar-refractivity contribution in [1.29, 1.82) is 0 Å². The Morgan fingerprint density at radius 1 is 0.774 bits per heavy atom. The molecule has 5 nitrogen and oxygen atoms in total. The summed E-state index contributed by atoms with van der Waals surface area (Å²) in [7, 11) is 0. The molecular weight excluding hydrogens is 393 g/mol. The first kappa shape index (κ1) is 22.0. The first-order valence-electron chi connectivity index (χ1n) is 10.3. The minimum absolute atomic E-state index is 0.151. The number of carbonyl (C=O) groups is 2. The number of nitrogens with one attached hydrogen (secondary N) is 3. The van der Waals surface area contributed by atoms with E-state index in [-0.39, 0.29) is 23.8 Å². The normalized spacial score (nSPS) is 11.4. The quantitative estimate of drug-likeness (QED) is 0.454. The summed E-state index contributed by atoms with van der Waals surface area (Å²) in [6.07, 6.45) is 1.26. The second-order valence-corrected chi connectivity index (χ2v) is 7.17. The van der Waals surface area contributed by atoms with Crippen molar-refractivity contribution in [2.75, 3.05) is 13.1 Å². The molecule has 6 heteroatoms. The second kappa shape index (κ2) is 11.5. The lowest BCUT2D eigenvalue weighted by Gasteiger charge is -2.20. The number of carbonyl (C=O) groups excluding carboxylic acids is 2. The van der Waals surface area contributed by atoms with Gasteiger partial charge in [-0.25, -0.2) is 9.18 Å². The Kier molecular flexibility index (Phi) is 8.17. The number of benzene rings is 3. The van der Waals surface area contributed by atoms with Crippen LogP contribution in [0.15, 0.2) is 84.9 Å². The van der Waals surface area contributed by atoms with Gasteiger partial charge in [-0.1, -0.05) is 60.7 Å². The Bertz CT molecular complexity index is 963. The summed E-state index contributed by atoms with van der Waals surface area (Å²) in [5.74, 6) is -0.649. The Hall–Kier alpha value is -3.67. The van der Waals surface area contributed by atoms with E-state index < -0.39 is 0 Å². The number of halogens is 1. The van der Waals surface area contributed by atoms with E-state index in [9.17, 15) is 14.0 Å². The standard InChI is InChI=1S/C25H26FN3O2/c26-22-14-12-21(13-15-22)24(30)27-16-7-17-28-25(31)29-23(20-10-5-2-6-11-20)18-19-8-3-1-4-9-19/h1-6,8-15,23H,7,16-18H2,(H,27,30)(H2,28,29,31). The van der Waals surface area contributed by atoms with Gasteiger partial charge in [0.2, 0.25) is 0 Å². The maximum atomic E-state index is 12.9. The Balaban J connectivity index is 1.44. The third-order valence-electron chi connectivity index (χ3n) is 4.82. The topological polar surface area (TPSA) is 70.2 Å². The molecule has 3 amide bonds. The molecule has 0 aliphatic carbocycles. The van der Waals surface area contributed by atoms with Gasteiger partial charge in [0.1, 0.15) is 5.82 Å². The van der Waals surface area contributed by atoms with E-state index in [1.807, 2.05) is 60.7 Å². The number of hydrogen-bond donors (Lipinski definition) is 3. The van der Waals surface area contributed by atoms with E-state index in [1.54, 1.807) is 0 Å². The third-order valence-corrected chi connectivity index (χ3v) is 4.82. The minimum atomic E-state index is -0.382. The van der Waals surface area contributed by atoms with Crippen LogP contribution in [0.5, 0.6) is 0 Å². The van der Waals surface area contributed by atoms with E-state index in [0.717, 1.165) is 11.1 Å². The molecule has 160 valence electrons. The van der Waals surface area contributed by atoms with Gasteiger partial charge in [0.15, 0.2) is 0 Å². The number of amides is 3. The van der Waals surface area contributed by atoms with Gasteiger partial charge in [0, 0.05) is 18.7 Å². The Morgan fingerprint density at radius 2 is 1.39 bits per heavy atom. The fourth-order valence-corrected chi connectivity index (χ4v) is 3.19. The van der Waals surface area contributed by atoms with Gasteiger partial charge in [-0.05, 0) is 48.2 Å². The zero-order chi connectivity index (χ0) is 21.9. The van der Waals surface area contributed by atoms with Crippen LogP contribution in [0.2, 0.25) is 0 Å². The van der Waals surface area contributed by atoms with Crippen molar-refractivity contribution in [2.45, 2.75) is 18.9 Å². The minimum Gasteiger partial charge on any atom is -0.352 e. The predicted molar refractivity (Wildman–Crippen MR) is 119 cm³/mol. The molecule has 0 aliphatic heterocycles. The summed E-state index contributed by atoms with van der Waals surface area (Å²) in [6, 6.07) is 24.8. The zero-order valence-corrected chi connectivity index (χ0v) is 17.2. The van der Waals surface area contributed by atoms with Crippen LogP contribution in [0.1, 0.15) is 33.9 Å². The van der Waals surface area contributed by atoms with Crippen LogP contribution in [-0.2, 0) is 6.42 Å². The van der Waals surface area contributed by atoms with Crippen molar-refractivity contribution in [3.8, 4) is 0 Å². The molecule has 3 N–H and O–H groups in total. The van der Waals surface area contributed by atoms with Crippen LogP contribution in [0, 0.1) is 5.82 Å². The van der Waals surface area contributed by atoms with Crippen molar-refractivity contribution < 1.29 is 14.0 Å². The molecular formula is C25H26FN3O2. The summed E-state index contributed by atoms with van der Waals surface area (Å²) in [5, 5.41) is 8.64. The van der Waals surface area contributed by atoms with Crippen molar-refractivity contribution >= 4 is 11.9 Å². The average molecular weight is 420 g/mol. The fraction of sp³-hybridized carbons (Fsp3) is 0.200. The molecule has 0 heterocycles. The largest absolute Gasteiger partial charge is 0.352 e. The van der Waals surface area contributed by atoms with Gasteiger partial charge in [-0.15, -0.1) is 0 Å². The van der Waals surface area contributed by atoms with Crippen LogP contribution in [0.3, 0.4) is 0 Å². The molecule has 3 rings (SSSR count). The molecule has 0 aliphatic rings. The van der Waals surface area contributed by atoms with Gasteiger partial charge in [-0.2, -0.15) is 0 Å². The van der Waals surface area contributed by atoms with Gasteiger partial charge in [0.05, 0.1) is 6.04 Å². The lowest BCUT2D eigenvalue weighted by molar-refractivity contribution is 0.0953. The highest BCUT2D eigenvalue weighted by Crippen LogP contribution is 2.18. The number of rotatable bonds is 9. The lowest BCUT2D eigenvalue weighted by atomic mass is 9.99. The molecule has 0 spiro atoms. The lowest BCUT2D eigenvalue weighted by Crippen LogP contribution is -2.40. The van der Waals surface area contributed by atoms with Crippen molar-refractivity contribution in [3.05, 3.63) is 107 Å². The molecule has 1 unspecified atom stereocenters. The van der Waals surface area contributed by atoms with E-state index >= 15 is 0 Å². The van der Waals surface area contributed by atoms with Crippen LogP contribution in [-0.4, -0.2) is 25.0 Å². The average Bonchev–Trinajstić information content (AvgIpc) is 2.80. The third kappa shape index (κ3) is 7.26. The SMILES string of the molecule is O=C(NCCCNC(=O)c1ccc(F)cc1)NC(Cc1ccccc1)c1ccccc1. The van der Waals surface area contributed by atoms with Crippen molar-refractivity contribution in [1.82, 2.24) is 16.0 Å². The summed E-state index contributed by atoms with van der Waals surface area (Å²) in [6.45, 7) is 0.824.